The minimum Gasteiger partial charge on any atom is -0.247 e. The van der Waals surface area contributed by atoms with Crippen LogP contribution in [-0.2, 0) is 0 Å². The molecule has 0 amide bonds. The lowest BCUT2D eigenvalue weighted by Crippen LogP contribution is -2.21. The first-order valence-electron chi connectivity index (χ1n) is 8.94. The normalized spacial score (nSPS) is 14.4. The third kappa shape index (κ3) is 5.12. The highest BCUT2D eigenvalue weighted by molar-refractivity contribution is 8.01. The number of allylic oxidation sites excluding steroid dienone is 2. The highest BCUT2D eigenvalue weighted by atomic mass is 32.2. The second-order valence-corrected chi connectivity index (χ2v) is 8.23. The van der Waals surface area contributed by atoms with Crippen LogP contribution in [0.1, 0.15) is 82.6 Å². The minimum atomic E-state index is 0.585. The van der Waals surface area contributed by atoms with Crippen LogP contribution in [0.3, 0.4) is 0 Å². The van der Waals surface area contributed by atoms with Crippen molar-refractivity contribution in [2.45, 2.75) is 80.2 Å². The van der Waals surface area contributed by atoms with Gasteiger partial charge < -0.3 is 0 Å². The van der Waals surface area contributed by atoms with Crippen molar-refractivity contribution < 1.29 is 0 Å². The summed E-state index contributed by atoms with van der Waals surface area (Å²) in [6.07, 6.45) is 2.27. The van der Waals surface area contributed by atoms with Crippen molar-refractivity contribution in [3.63, 3.8) is 0 Å². The van der Waals surface area contributed by atoms with Crippen LogP contribution < -0.4 is 0 Å². The van der Waals surface area contributed by atoms with Gasteiger partial charge in [0.15, 0.2) is 0 Å². The van der Waals surface area contributed by atoms with Crippen LogP contribution in [0.5, 0.6) is 0 Å². The standard InChI is InChI=1S/C21H35NS/c1-10-17(7)22(9)23-20(11-2)18(8)21-15(5)12-19(14(3)4)13-16(21)6/h12-14,17H,10-11H2,1-9H3/b20-18+. The largest absolute Gasteiger partial charge is 0.247 e. The summed E-state index contributed by atoms with van der Waals surface area (Å²) in [5, 5.41) is 0. The van der Waals surface area contributed by atoms with Gasteiger partial charge in [-0.05, 0) is 93.3 Å². The van der Waals surface area contributed by atoms with E-state index in [1.54, 1.807) is 0 Å². The number of nitrogens with zero attached hydrogens (tertiary/aromatic N) is 1. The molecule has 0 heterocycles. The molecule has 1 nitrogen and oxygen atoms in total. The van der Waals surface area contributed by atoms with Crippen LogP contribution >= 0.6 is 11.9 Å². The van der Waals surface area contributed by atoms with Crippen molar-refractivity contribution in [1.82, 2.24) is 4.31 Å². The zero-order valence-corrected chi connectivity index (χ0v) is 17.4. The first-order chi connectivity index (χ1) is 10.7. The van der Waals surface area contributed by atoms with Gasteiger partial charge in [-0.2, -0.15) is 0 Å². The van der Waals surface area contributed by atoms with Crippen LogP contribution in [-0.4, -0.2) is 17.4 Å². The van der Waals surface area contributed by atoms with E-state index in [4.69, 9.17) is 0 Å². The lowest BCUT2D eigenvalue weighted by atomic mass is 9.90. The van der Waals surface area contributed by atoms with Gasteiger partial charge in [-0.15, -0.1) is 0 Å². The molecule has 0 N–H and O–H groups in total. The van der Waals surface area contributed by atoms with E-state index in [0.717, 1.165) is 6.42 Å². The summed E-state index contributed by atoms with van der Waals surface area (Å²) in [5.41, 5.74) is 7.14. The third-order valence-electron chi connectivity index (χ3n) is 4.80. The fraction of sp³-hybridized carbons (Fsp3) is 0.619. The van der Waals surface area contributed by atoms with Crippen molar-refractivity contribution in [3.8, 4) is 0 Å². The summed E-state index contributed by atoms with van der Waals surface area (Å²) in [4.78, 5) is 1.48. The molecule has 0 spiro atoms. The number of benzene rings is 1. The minimum absolute atomic E-state index is 0.585. The van der Waals surface area contributed by atoms with Gasteiger partial charge in [-0.1, -0.05) is 39.8 Å². The molecule has 1 unspecified atom stereocenters. The number of hydrogen-bond acceptors (Lipinski definition) is 2. The lowest BCUT2D eigenvalue weighted by Gasteiger charge is -2.25. The van der Waals surface area contributed by atoms with Gasteiger partial charge >= 0.3 is 0 Å². The van der Waals surface area contributed by atoms with Crippen molar-refractivity contribution in [3.05, 3.63) is 39.3 Å². The zero-order valence-electron chi connectivity index (χ0n) is 16.6. The summed E-state index contributed by atoms with van der Waals surface area (Å²) < 4.78 is 2.40. The fourth-order valence-electron chi connectivity index (χ4n) is 2.98. The van der Waals surface area contributed by atoms with Gasteiger partial charge in [0.25, 0.3) is 0 Å². The molecule has 0 aromatic heterocycles. The van der Waals surface area contributed by atoms with Crippen LogP contribution in [0, 0.1) is 13.8 Å². The molecule has 1 atom stereocenters. The molecule has 23 heavy (non-hydrogen) atoms. The van der Waals surface area contributed by atoms with E-state index < -0.39 is 0 Å². The second-order valence-electron chi connectivity index (χ2n) is 6.98. The molecule has 0 saturated carbocycles. The Bertz CT molecular complexity index is 534. The monoisotopic (exact) mass is 333 g/mol. The van der Waals surface area contributed by atoms with Gasteiger partial charge in [-0.25, -0.2) is 4.31 Å². The summed E-state index contributed by atoms with van der Waals surface area (Å²) in [6.45, 7) is 18.2. The van der Waals surface area contributed by atoms with Gasteiger partial charge in [0.1, 0.15) is 0 Å². The molecule has 1 aromatic carbocycles. The van der Waals surface area contributed by atoms with Gasteiger partial charge in [0.2, 0.25) is 0 Å². The van der Waals surface area contributed by atoms with Crippen LogP contribution in [0.25, 0.3) is 5.57 Å². The van der Waals surface area contributed by atoms with Crippen LogP contribution in [0.2, 0.25) is 0 Å². The molecule has 0 aliphatic heterocycles. The Hall–Kier alpha value is -0.730. The van der Waals surface area contributed by atoms with Crippen molar-refractivity contribution >= 4 is 17.5 Å². The molecule has 0 aliphatic carbocycles. The molecule has 0 radical (unpaired) electrons. The number of hydrogen-bond donors (Lipinski definition) is 0. The molecular formula is C21H35NS. The first kappa shape index (κ1) is 20.3. The topological polar surface area (TPSA) is 3.24 Å². The van der Waals surface area contributed by atoms with Gasteiger partial charge in [0, 0.05) is 10.9 Å². The van der Waals surface area contributed by atoms with Crippen molar-refractivity contribution in [2.24, 2.45) is 0 Å². The summed E-state index contributed by atoms with van der Waals surface area (Å²) >= 11 is 1.92. The van der Waals surface area contributed by atoms with Gasteiger partial charge in [-0.3, -0.25) is 0 Å². The Morgan fingerprint density at radius 1 is 1.09 bits per heavy atom. The maximum Gasteiger partial charge on any atom is 0.0171 e. The number of rotatable bonds is 7. The Labute approximate surface area is 148 Å². The Kier molecular flexibility index (Phi) is 7.89. The van der Waals surface area contributed by atoms with E-state index in [9.17, 15) is 0 Å². The van der Waals surface area contributed by atoms with Crippen molar-refractivity contribution in [2.75, 3.05) is 7.05 Å². The molecular weight excluding hydrogens is 298 g/mol. The van der Waals surface area contributed by atoms with E-state index in [2.05, 4.69) is 78.9 Å². The molecule has 130 valence electrons. The molecule has 0 fully saturated rings. The predicted octanol–water partition coefficient (Wildman–Crippen LogP) is 6.95. The SMILES string of the molecule is CC/C(SN(C)C(C)CC)=C(/C)c1c(C)cc(C(C)C)cc1C. The molecule has 0 bridgehead atoms. The van der Waals surface area contributed by atoms with E-state index in [1.807, 2.05) is 11.9 Å². The predicted molar refractivity (Wildman–Crippen MR) is 108 cm³/mol. The quantitative estimate of drug-likeness (QED) is 0.497. The number of aryl methyl sites for hydroxylation is 2. The molecule has 1 aromatic rings. The first-order valence-corrected chi connectivity index (χ1v) is 9.72. The summed E-state index contributed by atoms with van der Waals surface area (Å²) in [7, 11) is 2.21. The van der Waals surface area contributed by atoms with E-state index in [-0.39, 0.29) is 0 Å². The van der Waals surface area contributed by atoms with Crippen molar-refractivity contribution in [1.29, 1.82) is 0 Å². The Balaban J connectivity index is 3.25. The average molecular weight is 334 g/mol. The maximum atomic E-state index is 2.40. The third-order valence-corrected chi connectivity index (χ3v) is 6.26. The average Bonchev–Trinajstić information content (AvgIpc) is 2.50. The Morgan fingerprint density at radius 3 is 2.00 bits per heavy atom. The van der Waals surface area contributed by atoms with Crippen LogP contribution in [0.4, 0.5) is 0 Å². The molecule has 1 rings (SSSR count). The zero-order chi connectivity index (χ0) is 17.7. The highest BCUT2D eigenvalue weighted by Crippen LogP contribution is 2.36. The fourth-order valence-corrected chi connectivity index (χ4v) is 4.03. The maximum absolute atomic E-state index is 2.40. The van der Waals surface area contributed by atoms with E-state index in [1.165, 1.54) is 39.2 Å². The van der Waals surface area contributed by atoms with Gasteiger partial charge in [0.05, 0.1) is 0 Å². The van der Waals surface area contributed by atoms with E-state index in [0.29, 0.717) is 12.0 Å². The molecule has 2 heteroatoms. The Morgan fingerprint density at radius 2 is 1.61 bits per heavy atom. The molecule has 0 aliphatic rings. The second kappa shape index (κ2) is 8.94. The highest BCUT2D eigenvalue weighted by Gasteiger charge is 2.15. The summed E-state index contributed by atoms with van der Waals surface area (Å²) in [5.74, 6) is 0.585. The van der Waals surface area contributed by atoms with Crippen LogP contribution in [0.15, 0.2) is 17.0 Å². The summed E-state index contributed by atoms with van der Waals surface area (Å²) in [6, 6.07) is 5.33. The molecule has 0 saturated heterocycles. The lowest BCUT2D eigenvalue weighted by molar-refractivity contribution is 0.427. The van der Waals surface area contributed by atoms with E-state index >= 15 is 0 Å². The smallest absolute Gasteiger partial charge is 0.0171 e.